The lowest BCUT2D eigenvalue weighted by atomic mass is 10.2. The first-order valence-electron chi connectivity index (χ1n) is 11.2. The van der Waals surface area contributed by atoms with Crippen molar-refractivity contribution in [3.05, 3.63) is 89.6 Å². The maximum Gasteiger partial charge on any atom is 0.433 e. The number of benzene rings is 2. The van der Waals surface area contributed by atoms with E-state index in [0.717, 1.165) is 12.1 Å². The second-order valence-electron chi connectivity index (χ2n) is 8.07. The van der Waals surface area contributed by atoms with Crippen LogP contribution in [0.1, 0.15) is 26.5 Å². The lowest BCUT2D eigenvalue weighted by Crippen LogP contribution is -2.36. The Bertz CT molecular complexity index is 1480. The molecule has 0 saturated heterocycles. The van der Waals surface area contributed by atoms with Crippen LogP contribution in [-0.2, 0) is 17.5 Å². The minimum absolute atomic E-state index is 0.115. The van der Waals surface area contributed by atoms with Crippen LogP contribution in [0.25, 0.3) is 10.9 Å². The fourth-order valence-corrected chi connectivity index (χ4v) is 3.43. The number of aromatic nitrogens is 3. The van der Waals surface area contributed by atoms with Crippen LogP contribution in [0.4, 0.5) is 23.2 Å². The number of fused-ring (bicyclic) bond motifs is 1. The zero-order valence-corrected chi connectivity index (χ0v) is 19.6. The molecule has 0 aliphatic rings. The van der Waals surface area contributed by atoms with Gasteiger partial charge >= 0.3 is 6.18 Å². The number of hydrogen-bond donors (Lipinski definition) is 3. The number of nitrogens with one attached hydrogen (secondary N) is 3. The molecule has 0 radical (unpaired) electrons. The summed E-state index contributed by atoms with van der Waals surface area (Å²) in [4.78, 5) is 40.0. The molecule has 9 nitrogen and oxygen atoms in total. The maximum absolute atomic E-state index is 12.9. The van der Waals surface area contributed by atoms with E-state index >= 15 is 0 Å². The van der Waals surface area contributed by atoms with Gasteiger partial charge in [-0.1, -0.05) is 6.07 Å². The lowest BCUT2D eigenvalue weighted by Gasteiger charge is -2.08. The van der Waals surface area contributed by atoms with Gasteiger partial charge in [-0.15, -0.1) is 0 Å². The SMILES string of the molecule is O=C(Cn1cc2cc(NC(=O)c3cccc(C(F)(F)F)n3)ccc2n1)NCCNC(=O)c1ccc(F)cc1. The molecule has 4 rings (SSSR count). The summed E-state index contributed by atoms with van der Waals surface area (Å²) in [6, 6.07) is 12.8. The zero-order valence-electron chi connectivity index (χ0n) is 19.6. The van der Waals surface area contributed by atoms with Gasteiger partial charge in [0.25, 0.3) is 11.8 Å². The van der Waals surface area contributed by atoms with Crippen molar-refractivity contribution in [2.75, 3.05) is 18.4 Å². The third kappa shape index (κ3) is 6.69. The van der Waals surface area contributed by atoms with E-state index in [0.29, 0.717) is 22.2 Å². The summed E-state index contributed by atoms with van der Waals surface area (Å²) in [5.41, 5.74) is -0.429. The molecule has 3 amide bonds. The van der Waals surface area contributed by atoms with Gasteiger partial charge in [0.1, 0.15) is 23.7 Å². The predicted molar refractivity (Wildman–Crippen MR) is 129 cm³/mol. The summed E-state index contributed by atoms with van der Waals surface area (Å²) < 4.78 is 52.9. The highest BCUT2D eigenvalue weighted by molar-refractivity contribution is 6.03. The second kappa shape index (κ2) is 11.1. The number of nitrogens with zero attached hydrogens (tertiary/aromatic N) is 3. The number of amides is 3. The van der Waals surface area contributed by atoms with Crippen molar-refractivity contribution in [1.82, 2.24) is 25.4 Å². The molecule has 3 N–H and O–H groups in total. The molecule has 13 heteroatoms. The largest absolute Gasteiger partial charge is 0.433 e. The average Bonchev–Trinajstić information content (AvgIpc) is 3.28. The first-order chi connectivity index (χ1) is 18.1. The zero-order chi connectivity index (χ0) is 27.3. The van der Waals surface area contributed by atoms with E-state index in [1.54, 1.807) is 18.3 Å². The predicted octanol–water partition coefficient (Wildman–Crippen LogP) is 3.39. The number of halogens is 4. The number of rotatable bonds is 8. The highest BCUT2D eigenvalue weighted by Crippen LogP contribution is 2.27. The molecule has 2 aromatic heterocycles. The smallest absolute Gasteiger partial charge is 0.353 e. The minimum Gasteiger partial charge on any atom is -0.353 e. The Morgan fingerprint density at radius 1 is 0.895 bits per heavy atom. The Hall–Kier alpha value is -4.81. The minimum atomic E-state index is -4.67. The van der Waals surface area contributed by atoms with Crippen LogP contribution in [0.15, 0.2) is 66.9 Å². The van der Waals surface area contributed by atoms with Crippen molar-refractivity contribution in [2.24, 2.45) is 0 Å². The molecule has 0 saturated carbocycles. The van der Waals surface area contributed by atoms with E-state index in [2.05, 4.69) is 26.0 Å². The molecule has 0 aliphatic heterocycles. The molecule has 0 atom stereocenters. The lowest BCUT2D eigenvalue weighted by molar-refractivity contribution is -0.141. The van der Waals surface area contributed by atoms with E-state index in [-0.39, 0.29) is 31.2 Å². The van der Waals surface area contributed by atoms with Crippen LogP contribution in [0.3, 0.4) is 0 Å². The van der Waals surface area contributed by atoms with Crippen LogP contribution < -0.4 is 16.0 Å². The van der Waals surface area contributed by atoms with Gasteiger partial charge in [0.05, 0.1) is 5.52 Å². The Morgan fingerprint density at radius 2 is 1.63 bits per heavy atom. The van der Waals surface area contributed by atoms with Gasteiger partial charge in [0, 0.05) is 35.9 Å². The van der Waals surface area contributed by atoms with Gasteiger partial charge in [-0.3, -0.25) is 19.1 Å². The molecule has 2 heterocycles. The number of carbonyl (C=O) groups is 3. The number of alkyl halides is 3. The Kier molecular flexibility index (Phi) is 7.65. The summed E-state index contributed by atoms with van der Waals surface area (Å²) in [6.45, 7) is 0.204. The van der Waals surface area contributed by atoms with Crippen molar-refractivity contribution in [3.63, 3.8) is 0 Å². The fraction of sp³-hybridized carbons (Fsp3) is 0.160. The third-order valence-corrected chi connectivity index (χ3v) is 5.23. The van der Waals surface area contributed by atoms with Gasteiger partial charge in [-0.05, 0) is 54.6 Å². The van der Waals surface area contributed by atoms with Crippen LogP contribution in [0, 0.1) is 5.82 Å². The van der Waals surface area contributed by atoms with Gasteiger partial charge in [-0.25, -0.2) is 9.37 Å². The van der Waals surface area contributed by atoms with E-state index in [9.17, 15) is 31.9 Å². The van der Waals surface area contributed by atoms with Gasteiger partial charge in [0.2, 0.25) is 5.91 Å². The standard InChI is InChI=1S/C25H20F4N6O3/c26-17-6-4-15(5-7-17)23(37)31-11-10-30-22(36)14-35-13-16-12-18(8-9-19(16)34-35)32-24(38)20-2-1-3-21(33-20)25(27,28)29/h1-9,12-13H,10-11,14H2,(H,30,36)(H,31,37)(H,32,38). The quantitative estimate of drug-likeness (QED) is 0.239. The average molecular weight is 528 g/mol. The molecule has 196 valence electrons. The van der Waals surface area contributed by atoms with E-state index < -0.39 is 29.5 Å². The summed E-state index contributed by atoms with van der Waals surface area (Å²) in [7, 11) is 0. The molecule has 0 aliphatic carbocycles. The van der Waals surface area contributed by atoms with Crippen LogP contribution in [-0.4, -0.2) is 45.6 Å². The Morgan fingerprint density at radius 3 is 2.37 bits per heavy atom. The summed E-state index contributed by atoms with van der Waals surface area (Å²) in [5, 5.41) is 12.6. The normalized spacial score (nSPS) is 11.3. The first-order valence-corrected chi connectivity index (χ1v) is 11.2. The number of anilines is 1. The van der Waals surface area contributed by atoms with Crippen LogP contribution in [0.2, 0.25) is 0 Å². The molecule has 0 unspecified atom stereocenters. The van der Waals surface area contributed by atoms with E-state index in [4.69, 9.17) is 0 Å². The summed E-state index contributed by atoms with van der Waals surface area (Å²) >= 11 is 0. The number of pyridine rings is 1. The van der Waals surface area contributed by atoms with Crippen LogP contribution in [0.5, 0.6) is 0 Å². The molecule has 4 aromatic rings. The molecule has 0 bridgehead atoms. The number of hydrogen-bond acceptors (Lipinski definition) is 5. The molecular weight excluding hydrogens is 508 g/mol. The van der Waals surface area contributed by atoms with Crippen LogP contribution >= 0.6 is 0 Å². The van der Waals surface area contributed by atoms with Gasteiger partial charge < -0.3 is 16.0 Å². The topological polar surface area (TPSA) is 118 Å². The molecule has 0 spiro atoms. The van der Waals surface area contributed by atoms with E-state index in [1.165, 1.54) is 41.1 Å². The van der Waals surface area contributed by atoms with Gasteiger partial charge in [-0.2, -0.15) is 18.3 Å². The molecular formula is C25H20F4N6O3. The first kappa shape index (κ1) is 26.3. The van der Waals surface area contributed by atoms with Crippen molar-refractivity contribution < 1.29 is 31.9 Å². The van der Waals surface area contributed by atoms with Gasteiger partial charge in [0.15, 0.2) is 0 Å². The fourth-order valence-electron chi connectivity index (χ4n) is 3.43. The van der Waals surface area contributed by atoms with Crippen molar-refractivity contribution in [3.8, 4) is 0 Å². The molecule has 2 aromatic carbocycles. The summed E-state index contributed by atoms with van der Waals surface area (Å²) in [5.74, 6) is -2.02. The maximum atomic E-state index is 12.9. The Labute approximate surface area is 212 Å². The number of carbonyl (C=O) groups excluding carboxylic acids is 3. The molecule has 38 heavy (non-hydrogen) atoms. The van der Waals surface area contributed by atoms with E-state index in [1.807, 2.05) is 0 Å². The Balaban J connectivity index is 1.29. The monoisotopic (exact) mass is 528 g/mol. The van der Waals surface area contributed by atoms with Crippen molar-refractivity contribution >= 4 is 34.3 Å². The highest BCUT2D eigenvalue weighted by Gasteiger charge is 2.33. The molecule has 0 fully saturated rings. The third-order valence-electron chi connectivity index (χ3n) is 5.23. The second-order valence-corrected chi connectivity index (χ2v) is 8.07. The highest BCUT2D eigenvalue weighted by atomic mass is 19.4. The van der Waals surface area contributed by atoms with Crippen molar-refractivity contribution in [1.29, 1.82) is 0 Å². The van der Waals surface area contributed by atoms with Crippen molar-refractivity contribution in [2.45, 2.75) is 12.7 Å². The summed E-state index contributed by atoms with van der Waals surface area (Å²) in [6.07, 6.45) is -3.10.